The maximum atomic E-state index is 12.8. The minimum absolute atomic E-state index is 0.268. The van der Waals surface area contributed by atoms with Crippen molar-refractivity contribution >= 4 is 33.7 Å². The number of nitrogens with zero attached hydrogens (tertiary/aromatic N) is 5. The molecule has 11 heteroatoms. The third-order valence-corrected chi connectivity index (χ3v) is 6.37. The topological polar surface area (TPSA) is 118 Å². The van der Waals surface area contributed by atoms with Crippen LogP contribution in [0, 0.1) is 6.92 Å². The minimum atomic E-state index is -0.312. The quantitative estimate of drug-likeness (QED) is 0.425. The normalized spacial score (nSPS) is 12.9. The van der Waals surface area contributed by atoms with Crippen molar-refractivity contribution in [1.29, 1.82) is 0 Å². The summed E-state index contributed by atoms with van der Waals surface area (Å²) in [6, 6.07) is 1.61. The lowest BCUT2D eigenvalue weighted by Gasteiger charge is -2.08. The highest BCUT2D eigenvalue weighted by molar-refractivity contribution is 7.21. The van der Waals surface area contributed by atoms with Crippen LogP contribution in [-0.2, 0) is 7.05 Å². The van der Waals surface area contributed by atoms with Gasteiger partial charge in [-0.3, -0.25) is 19.3 Å². The van der Waals surface area contributed by atoms with Crippen molar-refractivity contribution in [1.82, 2.24) is 35.0 Å². The lowest BCUT2D eigenvalue weighted by atomic mass is 10.2. The predicted octanol–water partition coefficient (Wildman–Crippen LogP) is 2.48. The zero-order valence-electron chi connectivity index (χ0n) is 18.8. The van der Waals surface area contributed by atoms with Crippen molar-refractivity contribution in [2.24, 2.45) is 7.05 Å². The number of amides is 2. The highest BCUT2D eigenvalue weighted by Gasteiger charge is 2.18. The summed E-state index contributed by atoms with van der Waals surface area (Å²) in [4.78, 5) is 30.5. The van der Waals surface area contributed by atoms with Crippen LogP contribution < -0.4 is 16.0 Å². The van der Waals surface area contributed by atoms with Gasteiger partial charge >= 0.3 is 0 Å². The number of rotatable bonds is 4. The van der Waals surface area contributed by atoms with Gasteiger partial charge in [-0.15, -0.1) is 11.3 Å². The van der Waals surface area contributed by atoms with Gasteiger partial charge in [0, 0.05) is 38.2 Å². The molecular formula is C22H26N8O2S. The molecule has 0 saturated carbocycles. The summed E-state index contributed by atoms with van der Waals surface area (Å²) in [7, 11) is 3.39. The van der Waals surface area contributed by atoms with Gasteiger partial charge in [0.25, 0.3) is 11.8 Å². The molecule has 0 spiro atoms. The first kappa shape index (κ1) is 22.6. The van der Waals surface area contributed by atoms with Crippen molar-refractivity contribution < 1.29 is 9.59 Å². The molecule has 1 saturated heterocycles. The van der Waals surface area contributed by atoms with E-state index in [9.17, 15) is 9.59 Å². The molecule has 33 heavy (non-hydrogen) atoms. The van der Waals surface area contributed by atoms with Crippen molar-refractivity contribution in [3.63, 3.8) is 0 Å². The zero-order chi connectivity index (χ0) is 23.4. The van der Waals surface area contributed by atoms with Gasteiger partial charge in [0.2, 0.25) is 0 Å². The highest BCUT2D eigenvalue weighted by atomic mass is 32.1. The molecule has 0 unspecified atom stereocenters. The molecule has 3 N–H and O–H groups in total. The Morgan fingerprint density at radius 3 is 2.52 bits per heavy atom. The van der Waals surface area contributed by atoms with Gasteiger partial charge in [-0.1, -0.05) is 0 Å². The van der Waals surface area contributed by atoms with E-state index in [4.69, 9.17) is 0 Å². The molecule has 0 bridgehead atoms. The summed E-state index contributed by atoms with van der Waals surface area (Å²) in [5.74, 6) is -0.580. The van der Waals surface area contributed by atoms with Crippen LogP contribution in [0.1, 0.15) is 39.3 Å². The molecule has 0 aromatic carbocycles. The molecule has 4 aromatic rings. The Morgan fingerprint density at radius 1 is 1.09 bits per heavy atom. The number of carbonyl (C=O) groups is 2. The molecule has 10 nitrogen and oxygen atoms in total. The van der Waals surface area contributed by atoms with Gasteiger partial charge in [0.05, 0.1) is 39.8 Å². The number of nitrogens with one attached hydrogen (secondary N) is 3. The average Bonchev–Trinajstić information content (AvgIpc) is 3.59. The summed E-state index contributed by atoms with van der Waals surface area (Å²) in [5.41, 5.74) is 2.88. The summed E-state index contributed by atoms with van der Waals surface area (Å²) in [6.45, 7) is 4.27. The van der Waals surface area contributed by atoms with Crippen LogP contribution in [0.15, 0.2) is 37.1 Å². The van der Waals surface area contributed by atoms with Crippen LogP contribution >= 0.6 is 11.3 Å². The fraction of sp³-hybridized carbons (Fsp3) is 0.318. The number of carbonyl (C=O) groups excluding carboxylic acids is 2. The van der Waals surface area contributed by atoms with E-state index in [-0.39, 0.29) is 11.8 Å². The van der Waals surface area contributed by atoms with E-state index < -0.39 is 0 Å². The largest absolute Gasteiger partial charge is 0.355 e. The van der Waals surface area contributed by atoms with E-state index >= 15 is 0 Å². The summed E-state index contributed by atoms with van der Waals surface area (Å²) in [6.07, 6.45) is 11.3. The van der Waals surface area contributed by atoms with Crippen LogP contribution in [-0.4, -0.2) is 56.3 Å². The van der Waals surface area contributed by atoms with E-state index in [0.29, 0.717) is 22.5 Å². The van der Waals surface area contributed by atoms with E-state index in [2.05, 4.69) is 31.1 Å². The Bertz CT molecular complexity index is 1280. The first-order valence-corrected chi connectivity index (χ1v) is 11.4. The fourth-order valence-electron chi connectivity index (χ4n) is 3.37. The number of anilines is 1. The SMILES string of the molecule is C1CCNC1.CNC(=O)c1cnc(C)c(NC(=O)c2cnn3cc(-c4cnn(C)c4)sc23)c1. The Kier molecular flexibility index (Phi) is 6.80. The van der Waals surface area contributed by atoms with Gasteiger partial charge in [-0.05, 0) is 38.9 Å². The van der Waals surface area contributed by atoms with Crippen LogP contribution in [0.5, 0.6) is 0 Å². The first-order chi connectivity index (χ1) is 16.0. The number of thiazole rings is 1. The second-order valence-corrected chi connectivity index (χ2v) is 8.68. The second kappa shape index (κ2) is 9.92. The van der Waals surface area contributed by atoms with Gasteiger partial charge in [-0.2, -0.15) is 10.2 Å². The smallest absolute Gasteiger partial charge is 0.260 e. The van der Waals surface area contributed by atoms with Gasteiger partial charge in [-0.25, -0.2) is 4.52 Å². The third-order valence-electron chi connectivity index (χ3n) is 5.21. The molecular weight excluding hydrogens is 440 g/mol. The van der Waals surface area contributed by atoms with E-state index in [0.717, 1.165) is 15.3 Å². The van der Waals surface area contributed by atoms with Gasteiger partial charge in [0.1, 0.15) is 4.83 Å². The van der Waals surface area contributed by atoms with Crippen molar-refractivity contribution in [3.8, 4) is 10.4 Å². The lowest BCUT2D eigenvalue weighted by Crippen LogP contribution is -2.19. The molecule has 1 fully saturated rings. The van der Waals surface area contributed by atoms with E-state index in [1.54, 1.807) is 35.4 Å². The second-order valence-electron chi connectivity index (χ2n) is 7.65. The maximum Gasteiger partial charge on any atom is 0.260 e. The molecule has 4 aromatic heterocycles. The summed E-state index contributed by atoms with van der Waals surface area (Å²) < 4.78 is 3.40. The standard InChI is InChI=1S/C18H17N7O2S.C4H9N/c1-10-14(4-11(5-20-10)16(26)19-2)23-17(27)13-7-22-25-9-15(28-18(13)25)12-6-21-24(3)8-12;1-2-4-5-3-1/h4-9H,1-3H3,(H,19,26)(H,23,27);5H,1-4H2. The van der Waals surface area contributed by atoms with Gasteiger partial charge < -0.3 is 16.0 Å². The van der Waals surface area contributed by atoms with Crippen LogP contribution in [0.4, 0.5) is 5.69 Å². The molecule has 0 atom stereocenters. The average molecular weight is 467 g/mol. The van der Waals surface area contributed by atoms with Crippen molar-refractivity contribution in [2.75, 3.05) is 25.5 Å². The monoisotopic (exact) mass is 466 g/mol. The Labute approximate surface area is 195 Å². The summed E-state index contributed by atoms with van der Waals surface area (Å²) >= 11 is 1.46. The van der Waals surface area contributed by atoms with Crippen LogP contribution in [0.2, 0.25) is 0 Å². The maximum absolute atomic E-state index is 12.8. The molecule has 5 rings (SSSR count). The molecule has 1 aliphatic rings. The van der Waals surface area contributed by atoms with Gasteiger partial charge in [0.15, 0.2) is 0 Å². The van der Waals surface area contributed by atoms with Crippen molar-refractivity contribution in [3.05, 3.63) is 53.9 Å². The Hall–Kier alpha value is -3.57. The number of hydrogen-bond acceptors (Lipinski definition) is 7. The van der Waals surface area contributed by atoms with E-state index in [1.807, 2.05) is 19.4 Å². The number of aromatic nitrogens is 5. The minimum Gasteiger partial charge on any atom is -0.355 e. The number of hydrogen-bond donors (Lipinski definition) is 3. The van der Waals surface area contributed by atoms with E-state index in [1.165, 1.54) is 49.7 Å². The first-order valence-electron chi connectivity index (χ1n) is 10.6. The van der Waals surface area contributed by atoms with Crippen molar-refractivity contribution in [2.45, 2.75) is 19.8 Å². The molecule has 2 amide bonds. The van der Waals surface area contributed by atoms with Crippen LogP contribution in [0.25, 0.3) is 15.3 Å². The number of pyridine rings is 1. The number of aryl methyl sites for hydroxylation is 2. The Morgan fingerprint density at radius 2 is 1.88 bits per heavy atom. The molecule has 0 radical (unpaired) electrons. The zero-order valence-corrected chi connectivity index (χ0v) is 19.6. The molecule has 5 heterocycles. The predicted molar refractivity (Wildman–Crippen MR) is 128 cm³/mol. The lowest BCUT2D eigenvalue weighted by molar-refractivity contribution is 0.0961. The number of fused-ring (bicyclic) bond motifs is 1. The molecule has 172 valence electrons. The molecule has 1 aliphatic heterocycles. The third kappa shape index (κ3) is 5.10. The fourth-order valence-corrected chi connectivity index (χ4v) is 4.40. The summed E-state index contributed by atoms with van der Waals surface area (Å²) in [5, 5.41) is 17.0. The molecule has 0 aliphatic carbocycles. The van der Waals surface area contributed by atoms with Crippen LogP contribution in [0.3, 0.4) is 0 Å². The highest BCUT2D eigenvalue weighted by Crippen LogP contribution is 2.30. The Balaban J connectivity index is 0.000000459.